The number of rotatable bonds is 10. The summed E-state index contributed by atoms with van der Waals surface area (Å²) in [7, 11) is 1.58. The molecule has 0 radical (unpaired) electrons. The molecular formula is C21H25N3O3. The van der Waals surface area contributed by atoms with E-state index in [0.29, 0.717) is 35.9 Å². The molecule has 1 N–H and O–H groups in total. The SMILES string of the molecule is CCCN(CCOc1cccc(C#N)c1)CC(=O)Nc1ccccc1OC. The minimum Gasteiger partial charge on any atom is -0.495 e. The number of nitrogens with zero attached hydrogens (tertiary/aromatic N) is 2. The Labute approximate surface area is 160 Å². The second-order valence-electron chi connectivity index (χ2n) is 6.01. The highest BCUT2D eigenvalue weighted by Gasteiger charge is 2.12. The van der Waals surface area contributed by atoms with Crippen molar-refractivity contribution < 1.29 is 14.3 Å². The molecule has 142 valence electrons. The van der Waals surface area contributed by atoms with E-state index in [1.807, 2.05) is 35.2 Å². The van der Waals surface area contributed by atoms with Gasteiger partial charge in [0, 0.05) is 6.54 Å². The van der Waals surface area contributed by atoms with Crippen LogP contribution in [-0.2, 0) is 4.79 Å². The van der Waals surface area contributed by atoms with E-state index < -0.39 is 0 Å². The molecule has 6 nitrogen and oxygen atoms in total. The van der Waals surface area contributed by atoms with E-state index in [1.165, 1.54) is 0 Å². The van der Waals surface area contributed by atoms with Gasteiger partial charge in [0.05, 0.1) is 31.0 Å². The quantitative estimate of drug-likeness (QED) is 0.697. The Morgan fingerprint density at radius 2 is 2.00 bits per heavy atom. The molecular weight excluding hydrogens is 342 g/mol. The minimum atomic E-state index is -0.0978. The molecule has 0 aliphatic rings. The van der Waals surface area contributed by atoms with Gasteiger partial charge in [-0.25, -0.2) is 0 Å². The van der Waals surface area contributed by atoms with E-state index in [1.54, 1.807) is 25.3 Å². The van der Waals surface area contributed by atoms with E-state index in [9.17, 15) is 4.79 Å². The van der Waals surface area contributed by atoms with E-state index in [-0.39, 0.29) is 12.5 Å². The zero-order valence-electron chi connectivity index (χ0n) is 15.8. The largest absolute Gasteiger partial charge is 0.495 e. The average molecular weight is 367 g/mol. The van der Waals surface area contributed by atoms with Gasteiger partial charge in [0.15, 0.2) is 0 Å². The van der Waals surface area contributed by atoms with Crippen LogP contribution in [0.2, 0.25) is 0 Å². The summed E-state index contributed by atoms with van der Waals surface area (Å²) in [6, 6.07) is 16.5. The Morgan fingerprint density at radius 1 is 1.19 bits per heavy atom. The summed E-state index contributed by atoms with van der Waals surface area (Å²) < 4.78 is 11.0. The molecule has 0 atom stereocenters. The van der Waals surface area contributed by atoms with Crippen LogP contribution in [0.25, 0.3) is 0 Å². The first kappa shape index (κ1) is 20.3. The van der Waals surface area contributed by atoms with Crippen molar-refractivity contribution in [2.45, 2.75) is 13.3 Å². The van der Waals surface area contributed by atoms with E-state index in [2.05, 4.69) is 18.3 Å². The third-order valence-electron chi connectivity index (χ3n) is 3.93. The molecule has 0 heterocycles. The van der Waals surface area contributed by atoms with Crippen molar-refractivity contribution >= 4 is 11.6 Å². The van der Waals surface area contributed by atoms with Crippen LogP contribution in [0.4, 0.5) is 5.69 Å². The van der Waals surface area contributed by atoms with Crippen LogP contribution in [0, 0.1) is 11.3 Å². The number of methoxy groups -OCH3 is 1. The topological polar surface area (TPSA) is 74.6 Å². The number of nitriles is 1. The number of carbonyl (C=O) groups excluding carboxylic acids is 1. The predicted molar refractivity (Wildman–Crippen MR) is 105 cm³/mol. The Bertz CT molecular complexity index is 786. The molecule has 0 aromatic heterocycles. The molecule has 0 aliphatic heterocycles. The normalized spacial score (nSPS) is 10.3. The highest BCUT2D eigenvalue weighted by atomic mass is 16.5. The first-order valence-electron chi connectivity index (χ1n) is 8.94. The molecule has 2 aromatic carbocycles. The van der Waals surface area contributed by atoms with Gasteiger partial charge in [0.1, 0.15) is 18.1 Å². The predicted octanol–water partition coefficient (Wildman–Crippen LogP) is 3.30. The molecule has 0 aliphatic carbocycles. The highest BCUT2D eigenvalue weighted by Crippen LogP contribution is 2.22. The first-order chi connectivity index (χ1) is 13.2. The lowest BCUT2D eigenvalue weighted by atomic mass is 10.2. The summed E-state index contributed by atoms with van der Waals surface area (Å²) in [6.07, 6.45) is 0.936. The van der Waals surface area contributed by atoms with Crippen molar-refractivity contribution in [2.75, 3.05) is 38.7 Å². The molecule has 2 rings (SSSR count). The van der Waals surface area contributed by atoms with Crippen LogP contribution in [0.3, 0.4) is 0 Å². The molecule has 0 saturated heterocycles. The fraction of sp³-hybridized carbons (Fsp3) is 0.333. The molecule has 27 heavy (non-hydrogen) atoms. The van der Waals surface area contributed by atoms with Gasteiger partial charge in [-0.2, -0.15) is 5.26 Å². The van der Waals surface area contributed by atoms with Crippen LogP contribution in [0.1, 0.15) is 18.9 Å². The van der Waals surface area contributed by atoms with Gasteiger partial charge in [0.2, 0.25) is 5.91 Å². The summed E-state index contributed by atoms with van der Waals surface area (Å²) in [6.45, 7) is 4.19. The Hall–Kier alpha value is -3.04. The molecule has 0 saturated carbocycles. The molecule has 0 spiro atoms. The van der Waals surface area contributed by atoms with Crippen molar-refractivity contribution in [3.8, 4) is 17.6 Å². The summed E-state index contributed by atoms with van der Waals surface area (Å²) in [4.78, 5) is 14.4. The van der Waals surface area contributed by atoms with Gasteiger partial charge in [-0.3, -0.25) is 9.69 Å². The van der Waals surface area contributed by atoms with Crippen molar-refractivity contribution in [1.29, 1.82) is 5.26 Å². The Kier molecular flexibility index (Phi) is 8.14. The van der Waals surface area contributed by atoms with Crippen LogP contribution >= 0.6 is 0 Å². The van der Waals surface area contributed by atoms with Crippen molar-refractivity contribution in [3.63, 3.8) is 0 Å². The van der Waals surface area contributed by atoms with Gasteiger partial charge in [-0.05, 0) is 43.3 Å². The summed E-state index contributed by atoms with van der Waals surface area (Å²) in [5.41, 5.74) is 1.22. The second-order valence-corrected chi connectivity index (χ2v) is 6.01. The Morgan fingerprint density at radius 3 is 2.74 bits per heavy atom. The Balaban J connectivity index is 1.86. The zero-order chi connectivity index (χ0) is 19.5. The van der Waals surface area contributed by atoms with E-state index >= 15 is 0 Å². The first-order valence-corrected chi connectivity index (χ1v) is 8.94. The fourth-order valence-corrected chi connectivity index (χ4v) is 2.67. The van der Waals surface area contributed by atoms with Crippen molar-refractivity contribution in [3.05, 3.63) is 54.1 Å². The monoisotopic (exact) mass is 367 g/mol. The number of para-hydroxylation sites is 2. The molecule has 0 bridgehead atoms. The highest BCUT2D eigenvalue weighted by molar-refractivity contribution is 5.93. The standard InChI is InChI=1S/C21H25N3O3/c1-3-11-24(12-13-27-18-8-6-7-17(14-18)15-22)16-21(25)23-19-9-4-5-10-20(19)26-2/h4-10,14H,3,11-13,16H2,1-2H3,(H,23,25). The molecule has 1 amide bonds. The van der Waals surface area contributed by atoms with Crippen LogP contribution in [-0.4, -0.2) is 44.2 Å². The van der Waals surface area contributed by atoms with E-state index in [4.69, 9.17) is 14.7 Å². The minimum absolute atomic E-state index is 0.0978. The number of nitrogens with one attached hydrogen (secondary N) is 1. The summed E-state index contributed by atoms with van der Waals surface area (Å²) in [5.74, 6) is 1.19. The van der Waals surface area contributed by atoms with E-state index in [0.717, 1.165) is 13.0 Å². The second kappa shape index (κ2) is 10.8. The number of ether oxygens (including phenoxy) is 2. The van der Waals surface area contributed by atoms with Crippen LogP contribution in [0.15, 0.2) is 48.5 Å². The number of anilines is 1. The summed E-state index contributed by atoms with van der Waals surface area (Å²) >= 11 is 0. The lowest BCUT2D eigenvalue weighted by molar-refractivity contribution is -0.117. The van der Waals surface area contributed by atoms with Gasteiger partial charge < -0.3 is 14.8 Å². The maximum absolute atomic E-state index is 12.4. The van der Waals surface area contributed by atoms with Crippen LogP contribution in [0.5, 0.6) is 11.5 Å². The molecule has 0 unspecified atom stereocenters. The van der Waals surface area contributed by atoms with Crippen LogP contribution < -0.4 is 14.8 Å². The number of amides is 1. The molecule has 0 fully saturated rings. The van der Waals surface area contributed by atoms with Gasteiger partial charge in [0.25, 0.3) is 0 Å². The lowest BCUT2D eigenvalue weighted by Gasteiger charge is -2.21. The zero-order valence-corrected chi connectivity index (χ0v) is 15.8. The number of hydrogen-bond acceptors (Lipinski definition) is 5. The van der Waals surface area contributed by atoms with Gasteiger partial charge in [-0.1, -0.05) is 25.1 Å². The number of benzene rings is 2. The maximum atomic E-state index is 12.4. The van der Waals surface area contributed by atoms with Crippen molar-refractivity contribution in [1.82, 2.24) is 4.90 Å². The third-order valence-corrected chi connectivity index (χ3v) is 3.93. The van der Waals surface area contributed by atoms with Crippen molar-refractivity contribution in [2.24, 2.45) is 0 Å². The number of carbonyl (C=O) groups is 1. The lowest BCUT2D eigenvalue weighted by Crippen LogP contribution is -2.36. The third kappa shape index (κ3) is 6.65. The maximum Gasteiger partial charge on any atom is 0.238 e. The van der Waals surface area contributed by atoms with Gasteiger partial charge in [-0.15, -0.1) is 0 Å². The molecule has 2 aromatic rings. The summed E-state index contributed by atoms with van der Waals surface area (Å²) in [5, 5.41) is 11.8. The number of hydrogen-bond donors (Lipinski definition) is 1. The molecule has 6 heteroatoms. The van der Waals surface area contributed by atoms with Gasteiger partial charge >= 0.3 is 0 Å². The average Bonchev–Trinajstić information content (AvgIpc) is 2.68. The smallest absolute Gasteiger partial charge is 0.238 e. The fourth-order valence-electron chi connectivity index (χ4n) is 2.67.